The lowest BCUT2D eigenvalue weighted by atomic mass is 10.1. The highest BCUT2D eigenvalue weighted by atomic mass is 16.5. The van der Waals surface area contributed by atoms with Crippen LogP contribution >= 0.6 is 0 Å². The van der Waals surface area contributed by atoms with Gasteiger partial charge in [0.2, 0.25) is 5.75 Å². The molecule has 1 aromatic rings. The fraction of sp³-hybridized carbons (Fsp3) is 0.250. The molecule has 0 radical (unpaired) electrons. The van der Waals surface area contributed by atoms with Crippen LogP contribution in [0.3, 0.4) is 0 Å². The molecule has 84 valence electrons. The van der Waals surface area contributed by atoms with Gasteiger partial charge in [-0.25, -0.2) is 0 Å². The molecule has 2 rings (SSSR count). The number of aromatic hydroxyl groups is 1. The van der Waals surface area contributed by atoms with Crippen LogP contribution in [0, 0.1) is 0 Å². The molecule has 0 spiro atoms. The molecule has 0 bridgehead atoms. The molecular formula is C12H13NO3. The van der Waals surface area contributed by atoms with Crippen molar-refractivity contribution in [3.63, 3.8) is 0 Å². The number of phenolic OH excluding ortho intramolecular Hbond substituents is 1. The fourth-order valence-corrected chi connectivity index (χ4v) is 1.61. The average Bonchev–Trinajstić information content (AvgIpc) is 2.83. The summed E-state index contributed by atoms with van der Waals surface area (Å²) < 4.78 is 10.2. The molecule has 0 aromatic heterocycles. The van der Waals surface area contributed by atoms with Gasteiger partial charge in [-0.05, 0) is 12.1 Å². The normalized spacial score (nSPS) is 13.8. The molecule has 0 unspecified atom stereocenters. The van der Waals surface area contributed by atoms with E-state index in [1.54, 1.807) is 18.3 Å². The van der Waals surface area contributed by atoms with Gasteiger partial charge in [0.25, 0.3) is 0 Å². The molecule has 1 aliphatic heterocycles. The van der Waals surface area contributed by atoms with E-state index in [9.17, 15) is 5.11 Å². The molecular weight excluding hydrogens is 206 g/mol. The standard InChI is InChI=1S/C12H13NO3/c1-15-10-6-8(9-4-3-5-13-9)7-11(16-2)12(10)14/h3,5-7,14H,4H2,1-2H3. The molecule has 0 atom stereocenters. The van der Waals surface area contributed by atoms with Gasteiger partial charge in [-0.15, -0.1) is 0 Å². The average molecular weight is 219 g/mol. The maximum atomic E-state index is 9.75. The largest absolute Gasteiger partial charge is 0.502 e. The van der Waals surface area contributed by atoms with Gasteiger partial charge in [0.05, 0.1) is 19.9 Å². The molecule has 0 saturated carbocycles. The highest BCUT2D eigenvalue weighted by Crippen LogP contribution is 2.37. The lowest BCUT2D eigenvalue weighted by Gasteiger charge is -2.11. The van der Waals surface area contributed by atoms with Crippen LogP contribution in [0.15, 0.2) is 29.4 Å². The molecule has 1 aromatic carbocycles. The Morgan fingerprint density at radius 3 is 2.25 bits per heavy atom. The molecule has 0 saturated heterocycles. The Labute approximate surface area is 93.8 Å². The predicted molar refractivity (Wildman–Crippen MR) is 61.5 cm³/mol. The first kappa shape index (κ1) is 10.5. The number of benzene rings is 1. The van der Waals surface area contributed by atoms with Gasteiger partial charge >= 0.3 is 0 Å². The Kier molecular flexibility index (Phi) is 2.81. The quantitative estimate of drug-likeness (QED) is 0.847. The van der Waals surface area contributed by atoms with Gasteiger partial charge < -0.3 is 14.6 Å². The Bertz CT molecular complexity index is 438. The summed E-state index contributed by atoms with van der Waals surface area (Å²) in [7, 11) is 3.01. The Hall–Kier alpha value is -1.97. The summed E-state index contributed by atoms with van der Waals surface area (Å²) in [4.78, 5) is 4.23. The van der Waals surface area contributed by atoms with E-state index in [1.165, 1.54) is 14.2 Å². The van der Waals surface area contributed by atoms with Gasteiger partial charge in [0.15, 0.2) is 11.5 Å². The predicted octanol–water partition coefficient (Wildman–Crippen LogP) is 2.12. The van der Waals surface area contributed by atoms with Crippen LogP contribution in [0.4, 0.5) is 0 Å². The van der Waals surface area contributed by atoms with Gasteiger partial charge in [0, 0.05) is 18.2 Å². The molecule has 0 amide bonds. The van der Waals surface area contributed by atoms with E-state index >= 15 is 0 Å². The first-order valence-corrected chi connectivity index (χ1v) is 4.93. The minimum absolute atomic E-state index is 0.0142. The highest BCUT2D eigenvalue weighted by molar-refractivity contribution is 6.03. The van der Waals surface area contributed by atoms with Gasteiger partial charge in [-0.3, -0.25) is 4.99 Å². The summed E-state index contributed by atoms with van der Waals surface area (Å²) in [6.45, 7) is 0. The Morgan fingerprint density at radius 2 is 1.81 bits per heavy atom. The van der Waals surface area contributed by atoms with Crippen LogP contribution < -0.4 is 9.47 Å². The van der Waals surface area contributed by atoms with Gasteiger partial charge in [-0.2, -0.15) is 0 Å². The summed E-state index contributed by atoms with van der Waals surface area (Å²) >= 11 is 0. The van der Waals surface area contributed by atoms with Gasteiger partial charge in [-0.1, -0.05) is 6.08 Å². The van der Waals surface area contributed by atoms with E-state index in [0.29, 0.717) is 11.5 Å². The summed E-state index contributed by atoms with van der Waals surface area (Å²) in [5, 5.41) is 9.75. The maximum Gasteiger partial charge on any atom is 0.200 e. The van der Waals surface area contributed by atoms with E-state index in [-0.39, 0.29) is 5.75 Å². The van der Waals surface area contributed by atoms with E-state index in [4.69, 9.17) is 9.47 Å². The number of rotatable bonds is 3. The van der Waals surface area contributed by atoms with Crippen molar-refractivity contribution >= 4 is 5.71 Å². The molecule has 1 heterocycles. The topological polar surface area (TPSA) is 51.0 Å². The first-order valence-electron chi connectivity index (χ1n) is 4.93. The minimum atomic E-state index is 0.0142. The second kappa shape index (κ2) is 4.26. The van der Waals surface area contributed by atoms with Crippen molar-refractivity contribution in [2.45, 2.75) is 6.42 Å². The Morgan fingerprint density at radius 1 is 1.19 bits per heavy atom. The van der Waals surface area contributed by atoms with Crippen molar-refractivity contribution in [2.75, 3.05) is 14.2 Å². The number of methoxy groups -OCH3 is 2. The summed E-state index contributed by atoms with van der Waals surface area (Å²) in [5.41, 5.74) is 1.84. The van der Waals surface area contributed by atoms with Crippen molar-refractivity contribution in [3.05, 3.63) is 30.0 Å². The smallest absolute Gasteiger partial charge is 0.200 e. The van der Waals surface area contributed by atoms with Crippen molar-refractivity contribution in [1.82, 2.24) is 0 Å². The molecule has 4 heteroatoms. The molecule has 4 nitrogen and oxygen atoms in total. The third-order valence-corrected chi connectivity index (χ3v) is 2.46. The first-order chi connectivity index (χ1) is 7.76. The molecule has 0 fully saturated rings. The fourth-order valence-electron chi connectivity index (χ4n) is 1.61. The maximum absolute atomic E-state index is 9.75. The van der Waals surface area contributed by atoms with Crippen LogP contribution in [0.1, 0.15) is 12.0 Å². The summed E-state index contributed by atoms with van der Waals surface area (Å²) in [5.74, 6) is 0.799. The summed E-state index contributed by atoms with van der Waals surface area (Å²) in [6, 6.07) is 3.51. The zero-order chi connectivity index (χ0) is 11.5. The zero-order valence-electron chi connectivity index (χ0n) is 9.23. The molecule has 1 aliphatic rings. The van der Waals surface area contributed by atoms with Gasteiger partial charge in [0.1, 0.15) is 0 Å². The van der Waals surface area contributed by atoms with Crippen molar-refractivity contribution < 1.29 is 14.6 Å². The van der Waals surface area contributed by atoms with Crippen LogP contribution in [-0.2, 0) is 0 Å². The lowest BCUT2D eigenvalue weighted by Crippen LogP contribution is -1.99. The van der Waals surface area contributed by atoms with Crippen LogP contribution in [0.25, 0.3) is 0 Å². The van der Waals surface area contributed by atoms with E-state index in [1.807, 2.05) is 6.08 Å². The van der Waals surface area contributed by atoms with Crippen molar-refractivity contribution in [3.8, 4) is 17.2 Å². The number of hydrogen-bond acceptors (Lipinski definition) is 4. The van der Waals surface area contributed by atoms with Crippen molar-refractivity contribution in [2.24, 2.45) is 4.99 Å². The van der Waals surface area contributed by atoms with Crippen LogP contribution in [0.5, 0.6) is 17.2 Å². The van der Waals surface area contributed by atoms with Crippen molar-refractivity contribution in [1.29, 1.82) is 0 Å². The minimum Gasteiger partial charge on any atom is -0.502 e. The monoisotopic (exact) mass is 219 g/mol. The molecule has 16 heavy (non-hydrogen) atoms. The molecule has 1 N–H and O–H groups in total. The third kappa shape index (κ3) is 1.74. The van der Waals surface area contributed by atoms with E-state index in [0.717, 1.165) is 17.7 Å². The highest BCUT2D eigenvalue weighted by Gasteiger charge is 2.14. The SMILES string of the molecule is COc1cc(C2=NC=CC2)cc(OC)c1O. The number of ether oxygens (including phenoxy) is 2. The lowest BCUT2D eigenvalue weighted by molar-refractivity contribution is 0.340. The van der Waals surface area contributed by atoms with E-state index < -0.39 is 0 Å². The van der Waals surface area contributed by atoms with Crippen LogP contribution in [0.2, 0.25) is 0 Å². The number of hydrogen-bond donors (Lipinski definition) is 1. The Balaban J connectivity index is 2.47. The number of aliphatic imine (C=N–C) groups is 1. The second-order valence-electron chi connectivity index (χ2n) is 3.39. The third-order valence-electron chi connectivity index (χ3n) is 2.46. The second-order valence-corrected chi connectivity index (χ2v) is 3.39. The number of allylic oxidation sites excluding steroid dienone is 1. The number of nitrogens with zero attached hydrogens (tertiary/aromatic N) is 1. The number of phenols is 1. The van der Waals surface area contributed by atoms with Crippen LogP contribution in [-0.4, -0.2) is 25.0 Å². The van der Waals surface area contributed by atoms with E-state index in [2.05, 4.69) is 4.99 Å². The summed E-state index contributed by atoms with van der Waals surface area (Å²) in [6.07, 6.45) is 4.53. The zero-order valence-corrected chi connectivity index (χ0v) is 9.23. The molecule has 0 aliphatic carbocycles.